The van der Waals surface area contributed by atoms with E-state index >= 15 is 0 Å². The van der Waals surface area contributed by atoms with E-state index in [2.05, 4.69) is 20.9 Å². The van der Waals surface area contributed by atoms with Crippen LogP contribution in [0.4, 0.5) is 10.5 Å². The highest BCUT2D eigenvalue weighted by atomic mass is 16.5. The molecule has 132 valence electrons. The SMILES string of the molecule is O=C(NCC1OCC(NCc2ccncc2)C1O)Nc1ccccc1. The van der Waals surface area contributed by atoms with Gasteiger partial charge in [0.25, 0.3) is 0 Å². The number of nitrogens with zero attached hydrogens (tertiary/aromatic N) is 1. The molecule has 25 heavy (non-hydrogen) atoms. The second kappa shape index (κ2) is 8.57. The Bertz CT molecular complexity index is 669. The number of rotatable bonds is 6. The molecule has 3 unspecified atom stereocenters. The van der Waals surface area contributed by atoms with Gasteiger partial charge in [-0.15, -0.1) is 0 Å². The van der Waals surface area contributed by atoms with E-state index in [-0.39, 0.29) is 18.6 Å². The predicted molar refractivity (Wildman–Crippen MR) is 94.1 cm³/mol. The minimum Gasteiger partial charge on any atom is -0.389 e. The van der Waals surface area contributed by atoms with Gasteiger partial charge in [-0.1, -0.05) is 18.2 Å². The van der Waals surface area contributed by atoms with Crippen LogP contribution >= 0.6 is 0 Å². The summed E-state index contributed by atoms with van der Waals surface area (Å²) in [4.78, 5) is 15.9. The van der Waals surface area contributed by atoms with Crippen LogP contribution in [0.3, 0.4) is 0 Å². The first-order valence-electron chi connectivity index (χ1n) is 8.24. The summed E-state index contributed by atoms with van der Waals surface area (Å²) in [6.07, 6.45) is 2.35. The first kappa shape index (κ1) is 17.3. The van der Waals surface area contributed by atoms with Crippen molar-refractivity contribution in [2.24, 2.45) is 0 Å². The van der Waals surface area contributed by atoms with E-state index in [0.717, 1.165) is 5.56 Å². The highest BCUT2D eigenvalue weighted by Crippen LogP contribution is 2.14. The van der Waals surface area contributed by atoms with E-state index in [1.54, 1.807) is 24.5 Å². The monoisotopic (exact) mass is 342 g/mol. The fourth-order valence-electron chi connectivity index (χ4n) is 2.68. The van der Waals surface area contributed by atoms with Gasteiger partial charge in [0, 0.05) is 31.2 Å². The standard InChI is InChI=1S/C18H22N4O3/c23-17-15(20-10-13-6-8-19-9-7-13)12-25-16(17)11-21-18(24)22-14-4-2-1-3-5-14/h1-9,15-17,20,23H,10-12H2,(H2,21,22,24). The Balaban J connectivity index is 1.41. The number of benzene rings is 1. The van der Waals surface area contributed by atoms with Crippen LogP contribution in [-0.4, -0.2) is 47.5 Å². The summed E-state index contributed by atoms with van der Waals surface area (Å²) >= 11 is 0. The molecule has 1 aliphatic heterocycles. The smallest absolute Gasteiger partial charge is 0.319 e. The van der Waals surface area contributed by atoms with Gasteiger partial charge in [-0.3, -0.25) is 4.98 Å². The number of carbonyl (C=O) groups is 1. The molecular weight excluding hydrogens is 320 g/mol. The van der Waals surface area contributed by atoms with Gasteiger partial charge in [0.1, 0.15) is 6.10 Å². The Morgan fingerprint density at radius 1 is 1.20 bits per heavy atom. The van der Waals surface area contributed by atoms with E-state index in [9.17, 15) is 9.90 Å². The first-order chi connectivity index (χ1) is 12.2. The number of nitrogens with one attached hydrogen (secondary N) is 3. The second-order valence-corrected chi connectivity index (χ2v) is 5.91. The van der Waals surface area contributed by atoms with Crippen molar-refractivity contribution in [1.29, 1.82) is 0 Å². The average Bonchev–Trinajstić information content (AvgIpc) is 3.00. The molecule has 1 aromatic carbocycles. The molecule has 0 aliphatic carbocycles. The van der Waals surface area contributed by atoms with Crippen LogP contribution in [0.1, 0.15) is 5.56 Å². The quantitative estimate of drug-likeness (QED) is 0.631. The topological polar surface area (TPSA) is 95.5 Å². The molecule has 1 aromatic heterocycles. The van der Waals surface area contributed by atoms with Crippen LogP contribution in [0.2, 0.25) is 0 Å². The Kier molecular flexibility index (Phi) is 5.95. The number of carbonyl (C=O) groups excluding carboxylic acids is 1. The number of aromatic nitrogens is 1. The third-order valence-corrected chi connectivity index (χ3v) is 4.10. The molecule has 7 nitrogen and oxygen atoms in total. The van der Waals surface area contributed by atoms with Crippen molar-refractivity contribution in [2.45, 2.75) is 24.8 Å². The lowest BCUT2D eigenvalue weighted by atomic mass is 10.1. The van der Waals surface area contributed by atoms with Crippen LogP contribution in [0.5, 0.6) is 0 Å². The maximum Gasteiger partial charge on any atom is 0.319 e. The lowest BCUT2D eigenvalue weighted by Crippen LogP contribution is -2.45. The normalized spacial score (nSPS) is 22.5. The third kappa shape index (κ3) is 4.99. The van der Waals surface area contributed by atoms with Crippen LogP contribution < -0.4 is 16.0 Å². The van der Waals surface area contributed by atoms with Crippen molar-refractivity contribution < 1.29 is 14.6 Å². The van der Waals surface area contributed by atoms with Gasteiger partial charge in [0.2, 0.25) is 0 Å². The second-order valence-electron chi connectivity index (χ2n) is 5.91. The number of amides is 2. The van der Waals surface area contributed by atoms with Crippen molar-refractivity contribution >= 4 is 11.7 Å². The minimum atomic E-state index is -0.682. The van der Waals surface area contributed by atoms with Crippen LogP contribution in [0.25, 0.3) is 0 Å². The maximum atomic E-state index is 11.9. The Morgan fingerprint density at radius 3 is 2.72 bits per heavy atom. The number of hydrogen-bond donors (Lipinski definition) is 4. The first-order valence-corrected chi connectivity index (χ1v) is 8.24. The average molecular weight is 342 g/mol. The van der Waals surface area contributed by atoms with Crippen molar-refractivity contribution in [1.82, 2.24) is 15.6 Å². The zero-order valence-electron chi connectivity index (χ0n) is 13.8. The molecule has 3 rings (SSSR count). The lowest BCUT2D eigenvalue weighted by molar-refractivity contribution is 0.0428. The lowest BCUT2D eigenvalue weighted by Gasteiger charge is -2.19. The molecular formula is C18H22N4O3. The number of ether oxygens (including phenoxy) is 1. The number of urea groups is 1. The molecule has 2 heterocycles. The Labute approximate surface area is 146 Å². The van der Waals surface area contributed by atoms with E-state index in [1.807, 2.05) is 30.3 Å². The van der Waals surface area contributed by atoms with E-state index in [4.69, 9.17) is 4.74 Å². The summed E-state index contributed by atoms with van der Waals surface area (Å²) in [5.74, 6) is 0. The van der Waals surface area contributed by atoms with Gasteiger partial charge < -0.3 is 25.8 Å². The Hall–Kier alpha value is -2.48. The predicted octanol–water partition coefficient (Wildman–Crippen LogP) is 1.12. The molecule has 3 atom stereocenters. The fourth-order valence-corrected chi connectivity index (χ4v) is 2.68. The molecule has 1 fully saturated rings. The summed E-state index contributed by atoms with van der Waals surface area (Å²) in [6, 6.07) is 12.5. The van der Waals surface area contributed by atoms with Gasteiger partial charge in [-0.25, -0.2) is 4.79 Å². The fraction of sp³-hybridized carbons (Fsp3) is 0.333. The molecule has 0 bridgehead atoms. The molecule has 2 amide bonds. The van der Waals surface area contributed by atoms with Crippen molar-refractivity contribution in [3.63, 3.8) is 0 Å². The maximum absolute atomic E-state index is 11.9. The Morgan fingerprint density at radius 2 is 1.96 bits per heavy atom. The van der Waals surface area contributed by atoms with Crippen LogP contribution in [-0.2, 0) is 11.3 Å². The number of para-hydroxylation sites is 1. The molecule has 1 saturated heterocycles. The molecule has 0 spiro atoms. The van der Waals surface area contributed by atoms with Crippen LogP contribution in [0, 0.1) is 0 Å². The van der Waals surface area contributed by atoms with Crippen molar-refractivity contribution in [3.05, 3.63) is 60.4 Å². The number of pyridine rings is 1. The number of hydrogen-bond acceptors (Lipinski definition) is 5. The van der Waals surface area contributed by atoms with Gasteiger partial charge in [0.15, 0.2) is 0 Å². The molecule has 0 saturated carbocycles. The van der Waals surface area contributed by atoms with Gasteiger partial charge in [0.05, 0.1) is 18.8 Å². The zero-order chi connectivity index (χ0) is 17.5. The molecule has 1 aliphatic rings. The van der Waals surface area contributed by atoms with Gasteiger partial charge in [-0.05, 0) is 29.8 Å². The molecule has 7 heteroatoms. The highest BCUT2D eigenvalue weighted by molar-refractivity contribution is 5.89. The van der Waals surface area contributed by atoms with E-state index in [0.29, 0.717) is 18.8 Å². The molecule has 4 N–H and O–H groups in total. The van der Waals surface area contributed by atoms with Crippen molar-refractivity contribution in [2.75, 3.05) is 18.5 Å². The molecule has 0 radical (unpaired) electrons. The largest absolute Gasteiger partial charge is 0.389 e. The van der Waals surface area contributed by atoms with Crippen LogP contribution in [0.15, 0.2) is 54.9 Å². The molecule has 2 aromatic rings. The summed E-state index contributed by atoms with van der Waals surface area (Å²) in [5.41, 5.74) is 1.80. The van der Waals surface area contributed by atoms with Gasteiger partial charge in [-0.2, -0.15) is 0 Å². The zero-order valence-corrected chi connectivity index (χ0v) is 13.8. The number of aliphatic hydroxyl groups excluding tert-OH is 1. The van der Waals surface area contributed by atoms with E-state index in [1.165, 1.54) is 0 Å². The highest BCUT2D eigenvalue weighted by Gasteiger charge is 2.35. The summed E-state index contributed by atoms with van der Waals surface area (Å²) < 4.78 is 5.60. The van der Waals surface area contributed by atoms with Gasteiger partial charge >= 0.3 is 6.03 Å². The summed E-state index contributed by atoms with van der Waals surface area (Å²) in [7, 11) is 0. The summed E-state index contributed by atoms with van der Waals surface area (Å²) in [6.45, 7) is 1.27. The van der Waals surface area contributed by atoms with E-state index < -0.39 is 12.2 Å². The number of aliphatic hydroxyl groups is 1. The van der Waals surface area contributed by atoms with Crippen molar-refractivity contribution in [3.8, 4) is 0 Å². The minimum absolute atomic E-state index is 0.169. The summed E-state index contributed by atoms with van der Waals surface area (Å²) in [5, 5.41) is 19.1. The third-order valence-electron chi connectivity index (χ3n) is 4.10. The number of anilines is 1.